The molecule has 3 nitrogen and oxygen atoms in total. The summed E-state index contributed by atoms with van der Waals surface area (Å²) in [6.45, 7) is 6.32. The number of nitrogens with one attached hydrogen (secondary N) is 1. The number of amides is 1. The molecule has 0 aromatic carbocycles. The first-order chi connectivity index (χ1) is 6.00. The van der Waals surface area contributed by atoms with Gasteiger partial charge in [-0.2, -0.15) is 0 Å². The van der Waals surface area contributed by atoms with Gasteiger partial charge in [0.25, 0.3) is 0 Å². The summed E-state index contributed by atoms with van der Waals surface area (Å²) in [6.07, 6.45) is 2.38. The van der Waals surface area contributed by atoms with E-state index < -0.39 is 0 Å². The lowest BCUT2D eigenvalue weighted by Gasteiger charge is -2.39. The lowest BCUT2D eigenvalue weighted by atomic mass is 9.73. The molecule has 0 bridgehead atoms. The van der Waals surface area contributed by atoms with Crippen molar-refractivity contribution in [3.05, 3.63) is 0 Å². The van der Waals surface area contributed by atoms with Crippen LogP contribution in [0.3, 0.4) is 0 Å². The van der Waals surface area contributed by atoms with Gasteiger partial charge in [0.2, 0.25) is 5.91 Å². The van der Waals surface area contributed by atoms with E-state index in [-0.39, 0.29) is 11.9 Å². The zero-order valence-corrected chi connectivity index (χ0v) is 8.71. The number of carbonyl (C=O) groups is 1. The van der Waals surface area contributed by atoms with Gasteiger partial charge in [-0.1, -0.05) is 13.8 Å². The van der Waals surface area contributed by atoms with E-state index in [9.17, 15) is 4.79 Å². The molecule has 0 radical (unpaired) electrons. The Balaban J connectivity index is 2.18. The number of primary amides is 1. The predicted octanol–water partition coefficient (Wildman–Crippen LogP) is 0.884. The van der Waals surface area contributed by atoms with Crippen LogP contribution in [0.1, 0.15) is 33.6 Å². The number of hydrogen-bond donors (Lipinski definition) is 2. The van der Waals surface area contributed by atoms with Crippen molar-refractivity contribution in [2.24, 2.45) is 17.6 Å². The van der Waals surface area contributed by atoms with Crippen molar-refractivity contribution in [1.29, 1.82) is 0 Å². The molecule has 0 aliphatic heterocycles. The Morgan fingerprint density at radius 1 is 1.38 bits per heavy atom. The van der Waals surface area contributed by atoms with Gasteiger partial charge in [0.05, 0.1) is 6.04 Å². The smallest absolute Gasteiger partial charge is 0.234 e. The average molecular weight is 184 g/mol. The van der Waals surface area contributed by atoms with Crippen molar-refractivity contribution < 1.29 is 4.79 Å². The van der Waals surface area contributed by atoms with E-state index >= 15 is 0 Å². The first-order valence-electron chi connectivity index (χ1n) is 5.06. The third-order valence-corrected chi connectivity index (χ3v) is 3.03. The summed E-state index contributed by atoms with van der Waals surface area (Å²) in [6, 6.07) is 0.327. The first kappa shape index (κ1) is 10.5. The van der Waals surface area contributed by atoms with Gasteiger partial charge in [-0.3, -0.25) is 4.79 Å². The summed E-state index contributed by atoms with van der Waals surface area (Å²) in [4.78, 5) is 10.7. The van der Waals surface area contributed by atoms with E-state index in [0.29, 0.717) is 6.04 Å². The van der Waals surface area contributed by atoms with Crippen LogP contribution >= 0.6 is 0 Å². The Morgan fingerprint density at radius 3 is 2.31 bits per heavy atom. The van der Waals surface area contributed by atoms with Crippen LogP contribution in [-0.2, 0) is 4.79 Å². The first-order valence-corrected chi connectivity index (χ1v) is 5.06. The zero-order chi connectivity index (χ0) is 10.0. The van der Waals surface area contributed by atoms with Crippen molar-refractivity contribution in [1.82, 2.24) is 5.32 Å². The van der Waals surface area contributed by atoms with E-state index in [1.807, 2.05) is 6.92 Å². The second kappa shape index (κ2) is 4.09. The largest absolute Gasteiger partial charge is 0.368 e. The molecule has 1 fully saturated rings. The zero-order valence-electron chi connectivity index (χ0n) is 8.71. The Morgan fingerprint density at radius 2 is 1.92 bits per heavy atom. The van der Waals surface area contributed by atoms with E-state index in [4.69, 9.17) is 5.73 Å². The number of hydrogen-bond acceptors (Lipinski definition) is 2. The third-order valence-electron chi connectivity index (χ3n) is 3.03. The summed E-state index contributed by atoms with van der Waals surface area (Å²) in [5, 5.41) is 3.23. The topological polar surface area (TPSA) is 55.1 Å². The third kappa shape index (κ3) is 2.69. The van der Waals surface area contributed by atoms with Crippen LogP contribution in [0.15, 0.2) is 0 Å². The van der Waals surface area contributed by atoms with Crippen molar-refractivity contribution in [3.63, 3.8) is 0 Å². The van der Waals surface area contributed by atoms with Crippen LogP contribution < -0.4 is 11.1 Å². The maximum absolute atomic E-state index is 10.7. The summed E-state index contributed by atoms with van der Waals surface area (Å²) < 4.78 is 0. The van der Waals surface area contributed by atoms with Crippen molar-refractivity contribution in [2.75, 3.05) is 0 Å². The molecule has 76 valence electrons. The number of rotatable bonds is 4. The highest BCUT2D eigenvalue weighted by Crippen LogP contribution is 2.33. The van der Waals surface area contributed by atoms with Gasteiger partial charge in [0, 0.05) is 6.04 Å². The van der Waals surface area contributed by atoms with Crippen molar-refractivity contribution >= 4 is 5.91 Å². The molecule has 1 aliphatic carbocycles. The van der Waals surface area contributed by atoms with Crippen LogP contribution in [0.2, 0.25) is 0 Å². The fourth-order valence-electron chi connectivity index (χ4n) is 1.78. The summed E-state index contributed by atoms with van der Waals surface area (Å²) in [7, 11) is 0. The normalized spacial score (nSPS) is 29.8. The van der Waals surface area contributed by atoms with Crippen molar-refractivity contribution in [3.8, 4) is 0 Å². The molecule has 1 aliphatic rings. The molecule has 1 saturated carbocycles. The van der Waals surface area contributed by atoms with E-state index in [1.165, 1.54) is 12.8 Å². The van der Waals surface area contributed by atoms with Gasteiger partial charge in [-0.05, 0) is 31.6 Å². The second-order valence-corrected chi connectivity index (χ2v) is 4.46. The molecule has 3 N–H and O–H groups in total. The average Bonchev–Trinajstić information content (AvgIpc) is 1.94. The Labute approximate surface area is 80.1 Å². The molecule has 3 heteroatoms. The van der Waals surface area contributed by atoms with Gasteiger partial charge >= 0.3 is 0 Å². The molecule has 0 aromatic rings. The molecule has 1 amide bonds. The molecule has 0 heterocycles. The van der Waals surface area contributed by atoms with Crippen LogP contribution in [0.25, 0.3) is 0 Å². The monoisotopic (exact) mass is 184 g/mol. The van der Waals surface area contributed by atoms with Gasteiger partial charge in [0.15, 0.2) is 0 Å². The van der Waals surface area contributed by atoms with Gasteiger partial charge in [-0.25, -0.2) is 0 Å². The lowest BCUT2D eigenvalue weighted by Crippen LogP contribution is -2.50. The summed E-state index contributed by atoms with van der Waals surface area (Å²) in [5.41, 5.74) is 5.16. The van der Waals surface area contributed by atoms with E-state index in [0.717, 1.165) is 11.8 Å². The number of nitrogens with two attached hydrogens (primary N) is 1. The molecule has 1 unspecified atom stereocenters. The fourth-order valence-corrected chi connectivity index (χ4v) is 1.78. The van der Waals surface area contributed by atoms with E-state index in [1.54, 1.807) is 0 Å². The minimum absolute atomic E-state index is 0.182. The summed E-state index contributed by atoms with van der Waals surface area (Å²) >= 11 is 0. The second-order valence-electron chi connectivity index (χ2n) is 4.46. The minimum atomic E-state index is -0.256. The quantitative estimate of drug-likeness (QED) is 0.681. The minimum Gasteiger partial charge on any atom is -0.368 e. The van der Waals surface area contributed by atoms with Crippen LogP contribution in [0.5, 0.6) is 0 Å². The SMILES string of the molecule is CC(NC1CC(C(C)C)C1)C(N)=O. The van der Waals surface area contributed by atoms with Crippen LogP contribution in [-0.4, -0.2) is 18.0 Å². The highest BCUT2D eigenvalue weighted by atomic mass is 16.1. The van der Waals surface area contributed by atoms with E-state index in [2.05, 4.69) is 19.2 Å². The highest BCUT2D eigenvalue weighted by molar-refractivity contribution is 5.79. The van der Waals surface area contributed by atoms with Crippen molar-refractivity contribution in [2.45, 2.75) is 45.7 Å². The van der Waals surface area contributed by atoms with Gasteiger partial charge in [-0.15, -0.1) is 0 Å². The molecular weight excluding hydrogens is 164 g/mol. The Kier molecular flexibility index (Phi) is 3.31. The van der Waals surface area contributed by atoms with Crippen LogP contribution in [0, 0.1) is 11.8 Å². The molecule has 0 saturated heterocycles. The van der Waals surface area contributed by atoms with Gasteiger partial charge < -0.3 is 11.1 Å². The molecular formula is C10H20N2O. The van der Waals surface area contributed by atoms with Crippen LogP contribution in [0.4, 0.5) is 0 Å². The Hall–Kier alpha value is -0.570. The maximum atomic E-state index is 10.7. The molecule has 13 heavy (non-hydrogen) atoms. The molecule has 1 rings (SSSR count). The number of carbonyl (C=O) groups excluding carboxylic acids is 1. The van der Waals surface area contributed by atoms with Gasteiger partial charge in [0.1, 0.15) is 0 Å². The molecule has 1 atom stereocenters. The fraction of sp³-hybridized carbons (Fsp3) is 0.900. The Bertz CT molecular complexity index is 185. The maximum Gasteiger partial charge on any atom is 0.234 e. The predicted molar refractivity (Wildman–Crippen MR) is 53.1 cm³/mol. The lowest BCUT2D eigenvalue weighted by molar-refractivity contribution is -0.120. The molecule has 0 aromatic heterocycles. The standard InChI is InChI=1S/C10H20N2O/c1-6(2)8-4-9(5-8)12-7(3)10(11)13/h6-9,12H,4-5H2,1-3H3,(H2,11,13). The summed E-state index contributed by atoms with van der Waals surface area (Å²) in [5.74, 6) is 1.34. The highest BCUT2D eigenvalue weighted by Gasteiger charge is 2.32. The molecule has 0 spiro atoms.